The van der Waals surface area contributed by atoms with Gasteiger partial charge in [0.25, 0.3) is 0 Å². The van der Waals surface area contributed by atoms with Gasteiger partial charge in [0, 0.05) is 58.2 Å². The highest BCUT2D eigenvalue weighted by Gasteiger charge is 2.03. The van der Waals surface area contributed by atoms with Crippen molar-refractivity contribution in [3.63, 3.8) is 0 Å². The van der Waals surface area contributed by atoms with Gasteiger partial charge in [-0.25, -0.2) is 20.0 Å². The zero-order valence-corrected chi connectivity index (χ0v) is 20.5. The van der Waals surface area contributed by atoms with Crippen LogP contribution >= 0.6 is 11.8 Å². The number of aliphatic imine (C=N–C) groups is 2. The van der Waals surface area contributed by atoms with E-state index in [1.165, 1.54) is 6.20 Å². The molecule has 0 aliphatic carbocycles. The van der Waals surface area contributed by atoms with E-state index in [0.717, 1.165) is 35.9 Å². The predicted molar refractivity (Wildman–Crippen MR) is 141 cm³/mol. The quantitative estimate of drug-likeness (QED) is 0.190. The fourth-order valence-electron chi connectivity index (χ4n) is 2.00. The molecule has 0 rings (SSSR count). The molecule has 0 saturated carbocycles. The molecular weight excluding hydrogens is 404 g/mol. The molecule has 0 atom stereocenters. The average molecular weight is 443 g/mol. The van der Waals surface area contributed by atoms with Crippen molar-refractivity contribution in [3.8, 4) is 0 Å². The molecule has 31 heavy (non-hydrogen) atoms. The molecule has 0 aromatic rings. The van der Waals surface area contributed by atoms with Crippen molar-refractivity contribution in [1.82, 2.24) is 20.7 Å². The first-order valence-corrected chi connectivity index (χ1v) is 11.3. The van der Waals surface area contributed by atoms with Gasteiger partial charge in [-0.15, -0.1) is 11.8 Å². The second-order valence-corrected chi connectivity index (χ2v) is 7.35. The summed E-state index contributed by atoms with van der Waals surface area (Å²) in [5.41, 5.74) is 1.73. The van der Waals surface area contributed by atoms with Crippen LogP contribution in [0.25, 0.3) is 0 Å². The van der Waals surface area contributed by atoms with E-state index in [4.69, 9.17) is 0 Å². The van der Waals surface area contributed by atoms with E-state index < -0.39 is 0 Å². The standard InChI is InChI=1S/C24H38N6S/c1-9-21(4)27-22(10-2)17-15-13-12-14-16-18-23(31-8)28-24(25-11-3)26-19-20-30(7)29(5)6/h9-17,27H,1,3-4,18-20H2,2,5-8H3,(H,25,26)/b13-12+,16-14-,17-15-,22-10+,28-23+. The Labute approximate surface area is 193 Å². The lowest BCUT2D eigenvalue weighted by Crippen LogP contribution is -2.39. The summed E-state index contributed by atoms with van der Waals surface area (Å²) in [5.74, 6) is 0.575. The van der Waals surface area contributed by atoms with Crippen molar-refractivity contribution in [2.24, 2.45) is 9.98 Å². The summed E-state index contributed by atoms with van der Waals surface area (Å²) in [5, 5.41) is 11.5. The van der Waals surface area contributed by atoms with Crippen LogP contribution in [0.1, 0.15) is 13.3 Å². The Balaban J connectivity index is 4.74. The van der Waals surface area contributed by atoms with Gasteiger partial charge < -0.3 is 10.6 Å². The number of hydrogen-bond acceptors (Lipinski definition) is 5. The first-order chi connectivity index (χ1) is 14.9. The van der Waals surface area contributed by atoms with E-state index in [1.807, 2.05) is 75.8 Å². The van der Waals surface area contributed by atoms with Gasteiger partial charge in [0.1, 0.15) is 0 Å². The SMILES string of the molecule is C=C/N=C(\N=C(/C\C=C/C=C/C=C\C(=C/C)NC(=C)C=C)SC)NCCN(C)N(C)C. The summed E-state index contributed by atoms with van der Waals surface area (Å²) in [6, 6.07) is 0. The molecule has 0 unspecified atom stereocenters. The van der Waals surface area contributed by atoms with E-state index in [1.54, 1.807) is 17.8 Å². The third kappa shape index (κ3) is 14.9. The van der Waals surface area contributed by atoms with E-state index in [0.29, 0.717) is 5.96 Å². The third-order valence-electron chi connectivity index (χ3n) is 3.98. The zero-order valence-electron chi connectivity index (χ0n) is 19.6. The van der Waals surface area contributed by atoms with Crippen LogP contribution in [0.4, 0.5) is 0 Å². The van der Waals surface area contributed by atoms with Gasteiger partial charge in [-0.3, -0.25) is 0 Å². The Kier molecular flexibility index (Phi) is 16.7. The maximum atomic E-state index is 4.62. The van der Waals surface area contributed by atoms with Crippen molar-refractivity contribution >= 4 is 22.8 Å². The zero-order chi connectivity index (χ0) is 23.5. The molecule has 0 aromatic carbocycles. The highest BCUT2D eigenvalue weighted by Crippen LogP contribution is 2.05. The number of nitrogens with one attached hydrogen (secondary N) is 2. The third-order valence-corrected chi connectivity index (χ3v) is 4.71. The number of likely N-dealkylation sites (N-methyl/N-ethyl adjacent to an activating group) is 1. The van der Waals surface area contributed by atoms with Crippen LogP contribution in [0, 0.1) is 0 Å². The second-order valence-electron chi connectivity index (χ2n) is 6.47. The maximum Gasteiger partial charge on any atom is 0.223 e. The minimum absolute atomic E-state index is 0.575. The Morgan fingerprint density at radius 3 is 2.39 bits per heavy atom. The van der Waals surface area contributed by atoms with Gasteiger partial charge in [0.2, 0.25) is 5.96 Å². The summed E-state index contributed by atoms with van der Waals surface area (Å²) in [6.45, 7) is 14.8. The molecule has 0 aliphatic heterocycles. The molecule has 0 amide bonds. The van der Waals surface area contributed by atoms with Crippen molar-refractivity contribution in [1.29, 1.82) is 0 Å². The summed E-state index contributed by atoms with van der Waals surface area (Å²) < 4.78 is 0. The van der Waals surface area contributed by atoms with Crippen molar-refractivity contribution in [3.05, 3.63) is 85.9 Å². The normalized spacial score (nSPS) is 13.7. The minimum atomic E-state index is 0.575. The van der Waals surface area contributed by atoms with Crippen LogP contribution in [-0.4, -0.2) is 61.5 Å². The fraction of sp³-hybridized carbons (Fsp3) is 0.333. The average Bonchev–Trinajstić information content (AvgIpc) is 2.76. The molecule has 0 radical (unpaired) electrons. The Morgan fingerprint density at radius 1 is 1.10 bits per heavy atom. The van der Waals surface area contributed by atoms with Crippen molar-refractivity contribution in [2.75, 3.05) is 40.5 Å². The number of rotatable bonds is 13. The molecule has 0 heterocycles. The van der Waals surface area contributed by atoms with Gasteiger partial charge in [-0.1, -0.05) is 56.2 Å². The number of nitrogens with zero attached hydrogens (tertiary/aromatic N) is 4. The van der Waals surface area contributed by atoms with Crippen LogP contribution in [0.15, 0.2) is 95.9 Å². The molecular formula is C24H38N6S. The molecule has 0 fully saturated rings. The van der Waals surface area contributed by atoms with Gasteiger partial charge in [-0.05, 0) is 25.3 Å². The number of allylic oxidation sites excluding steroid dienone is 8. The maximum absolute atomic E-state index is 4.62. The van der Waals surface area contributed by atoms with Gasteiger partial charge >= 0.3 is 0 Å². The number of guanidine groups is 1. The fourth-order valence-corrected chi connectivity index (χ4v) is 2.44. The smallest absolute Gasteiger partial charge is 0.223 e. The van der Waals surface area contributed by atoms with E-state index in [2.05, 4.69) is 51.4 Å². The van der Waals surface area contributed by atoms with Crippen molar-refractivity contribution < 1.29 is 0 Å². The largest absolute Gasteiger partial charge is 0.356 e. The molecule has 7 heteroatoms. The number of thioether (sulfide) groups is 1. The summed E-state index contributed by atoms with van der Waals surface area (Å²) >= 11 is 1.61. The van der Waals surface area contributed by atoms with Gasteiger partial charge in [-0.2, -0.15) is 0 Å². The van der Waals surface area contributed by atoms with Crippen LogP contribution < -0.4 is 10.6 Å². The molecule has 0 saturated heterocycles. The topological polar surface area (TPSA) is 55.3 Å². The number of hydrazine groups is 1. The van der Waals surface area contributed by atoms with Crippen LogP contribution in [0.5, 0.6) is 0 Å². The highest BCUT2D eigenvalue weighted by molar-refractivity contribution is 8.13. The molecule has 170 valence electrons. The molecule has 6 nitrogen and oxygen atoms in total. The summed E-state index contributed by atoms with van der Waals surface area (Å²) in [7, 11) is 6.05. The molecule has 2 N–H and O–H groups in total. The Morgan fingerprint density at radius 2 is 1.81 bits per heavy atom. The monoisotopic (exact) mass is 442 g/mol. The molecule has 0 aliphatic rings. The molecule has 0 spiro atoms. The lowest BCUT2D eigenvalue weighted by atomic mass is 10.3. The first kappa shape index (κ1) is 28.4. The Hall–Kier alpha value is -2.61. The lowest BCUT2D eigenvalue weighted by Gasteiger charge is -2.24. The number of hydrogen-bond donors (Lipinski definition) is 2. The van der Waals surface area contributed by atoms with E-state index in [9.17, 15) is 0 Å². The van der Waals surface area contributed by atoms with Crippen LogP contribution in [0.2, 0.25) is 0 Å². The van der Waals surface area contributed by atoms with Gasteiger partial charge in [0.15, 0.2) is 0 Å². The predicted octanol–water partition coefficient (Wildman–Crippen LogP) is 4.50. The van der Waals surface area contributed by atoms with Crippen LogP contribution in [0.3, 0.4) is 0 Å². The lowest BCUT2D eigenvalue weighted by molar-refractivity contribution is 0.0588. The molecule has 0 bridgehead atoms. The highest BCUT2D eigenvalue weighted by atomic mass is 32.2. The minimum Gasteiger partial charge on any atom is -0.356 e. The summed E-state index contributed by atoms with van der Waals surface area (Å²) in [4.78, 5) is 8.86. The second kappa shape index (κ2) is 18.2. The molecule has 0 aromatic heterocycles. The van der Waals surface area contributed by atoms with Crippen molar-refractivity contribution in [2.45, 2.75) is 13.3 Å². The summed E-state index contributed by atoms with van der Waals surface area (Å²) in [6.07, 6.45) is 19.9. The first-order valence-electron chi connectivity index (χ1n) is 10.0. The van der Waals surface area contributed by atoms with Gasteiger partial charge in [0.05, 0.1) is 5.04 Å². The van der Waals surface area contributed by atoms with E-state index in [-0.39, 0.29) is 0 Å². The van der Waals surface area contributed by atoms with Crippen LogP contribution in [-0.2, 0) is 0 Å². The Bertz CT molecular complexity index is 741. The van der Waals surface area contributed by atoms with E-state index >= 15 is 0 Å².